The largest absolute Gasteiger partial charge is 0.465 e. The first-order valence-corrected chi connectivity index (χ1v) is 7.77. The number of benzene rings is 2. The summed E-state index contributed by atoms with van der Waals surface area (Å²) in [6, 6.07) is 10.4. The number of hydrogen-bond acceptors (Lipinski definition) is 5. The van der Waals surface area contributed by atoms with Crippen LogP contribution in [-0.4, -0.2) is 31.6 Å². The topological polar surface area (TPSA) is 81.7 Å². The van der Waals surface area contributed by atoms with Crippen LogP contribution in [0.5, 0.6) is 0 Å². The van der Waals surface area contributed by atoms with Gasteiger partial charge in [-0.1, -0.05) is 29.3 Å². The Morgan fingerprint density at radius 3 is 2.16 bits per heavy atom. The molecule has 130 valence electrons. The van der Waals surface area contributed by atoms with Crippen LogP contribution in [0, 0.1) is 0 Å². The molecule has 0 aliphatic carbocycles. The van der Waals surface area contributed by atoms with E-state index in [2.05, 4.69) is 10.1 Å². The molecule has 8 heteroatoms. The maximum absolute atomic E-state index is 11.9. The lowest BCUT2D eigenvalue weighted by Crippen LogP contribution is -2.21. The molecule has 0 saturated carbocycles. The smallest absolute Gasteiger partial charge is 0.338 e. The summed E-state index contributed by atoms with van der Waals surface area (Å²) in [5.74, 6) is -1.79. The lowest BCUT2D eigenvalue weighted by molar-refractivity contribution is -0.119. The number of hydrogen-bond donors (Lipinski definition) is 1. The van der Waals surface area contributed by atoms with Crippen LogP contribution in [0.15, 0.2) is 42.5 Å². The Hall–Kier alpha value is -2.57. The molecule has 0 radical (unpaired) electrons. The highest BCUT2D eigenvalue weighted by molar-refractivity contribution is 6.44. The maximum atomic E-state index is 11.9. The summed E-state index contributed by atoms with van der Waals surface area (Å²) in [6.45, 7) is -0.500. The molecule has 2 rings (SSSR count). The van der Waals surface area contributed by atoms with Gasteiger partial charge in [0.05, 0.1) is 34.0 Å². The highest BCUT2D eigenvalue weighted by Crippen LogP contribution is 2.29. The summed E-state index contributed by atoms with van der Waals surface area (Å²) in [5, 5.41) is 2.99. The van der Waals surface area contributed by atoms with E-state index in [-0.39, 0.29) is 10.6 Å². The molecule has 0 unspecified atom stereocenters. The summed E-state index contributed by atoms with van der Waals surface area (Å²) in [5.41, 5.74) is 0.811. The molecule has 0 spiro atoms. The van der Waals surface area contributed by atoms with E-state index in [0.717, 1.165) is 0 Å². The SMILES string of the molecule is COC(=O)c1ccc(C(=O)OCC(=O)Nc2cccc(Cl)c2Cl)cc1. The van der Waals surface area contributed by atoms with Crippen molar-refractivity contribution >= 4 is 46.7 Å². The third-order valence-corrected chi connectivity index (χ3v) is 3.92. The van der Waals surface area contributed by atoms with Crippen LogP contribution in [0.1, 0.15) is 20.7 Å². The molecule has 0 aromatic heterocycles. The van der Waals surface area contributed by atoms with E-state index in [0.29, 0.717) is 16.3 Å². The van der Waals surface area contributed by atoms with Gasteiger partial charge in [0.25, 0.3) is 5.91 Å². The summed E-state index contributed by atoms with van der Waals surface area (Å²) in [7, 11) is 1.26. The Kier molecular flexibility index (Phi) is 6.38. The Bertz CT molecular complexity index is 805. The number of carbonyl (C=O) groups is 3. The summed E-state index contributed by atoms with van der Waals surface area (Å²) in [4.78, 5) is 35.1. The van der Waals surface area contributed by atoms with Crippen LogP contribution in [0.25, 0.3) is 0 Å². The van der Waals surface area contributed by atoms with Gasteiger partial charge in [-0.05, 0) is 36.4 Å². The molecule has 1 amide bonds. The Morgan fingerprint density at radius 2 is 1.56 bits per heavy atom. The van der Waals surface area contributed by atoms with Gasteiger partial charge < -0.3 is 14.8 Å². The minimum Gasteiger partial charge on any atom is -0.465 e. The number of rotatable bonds is 5. The molecule has 25 heavy (non-hydrogen) atoms. The van der Waals surface area contributed by atoms with Crippen molar-refractivity contribution in [2.75, 3.05) is 19.0 Å². The minimum atomic E-state index is -0.705. The number of ether oxygens (including phenoxy) is 2. The number of carbonyl (C=O) groups excluding carboxylic acids is 3. The van der Waals surface area contributed by atoms with Crippen LogP contribution in [0.4, 0.5) is 5.69 Å². The Balaban J connectivity index is 1.92. The standard InChI is InChI=1S/C17H13Cl2NO5/c1-24-16(22)10-5-7-11(8-6-10)17(23)25-9-14(21)20-13-4-2-3-12(18)15(13)19/h2-8H,9H2,1H3,(H,20,21). The molecule has 2 aromatic carbocycles. The lowest BCUT2D eigenvalue weighted by atomic mass is 10.1. The van der Waals surface area contributed by atoms with Gasteiger partial charge in [-0.3, -0.25) is 4.79 Å². The number of esters is 2. The van der Waals surface area contributed by atoms with Crippen molar-refractivity contribution in [3.8, 4) is 0 Å². The Morgan fingerprint density at radius 1 is 0.960 bits per heavy atom. The first-order valence-electron chi connectivity index (χ1n) is 7.01. The molecule has 0 atom stereocenters. The number of nitrogens with one attached hydrogen (secondary N) is 1. The maximum Gasteiger partial charge on any atom is 0.338 e. The fourth-order valence-corrected chi connectivity index (χ4v) is 2.21. The van der Waals surface area contributed by atoms with E-state index in [4.69, 9.17) is 27.9 Å². The second-order valence-corrected chi connectivity index (χ2v) is 5.58. The fraction of sp³-hybridized carbons (Fsp3) is 0.118. The van der Waals surface area contributed by atoms with Gasteiger partial charge in [-0.25, -0.2) is 9.59 Å². The van der Waals surface area contributed by atoms with Crippen molar-refractivity contribution < 1.29 is 23.9 Å². The fourth-order valence-electron chi connectivity index (χ4n) is 1.86. The third kappa shape index (κ3) is 4.95. The van der Waals surface area contributed by atoms with E-state index in [1.165, 1.54) is 31.4 Å². The van der Waals surface area contributed by atoms with Crippen LogP contribution in [0.2, 0.25) is 10.0 Å². The van der Waals surface area contributed by atoms with Gasteiger partial charge in [0.2, 0.25) is 0 Å². The van der Waals surface area contributed by atoms with Gasteiger partial charge in [0.1, 0.15) is 0 Å². The monoisotopic (exact) mass is 381 g/mol. The molecule has 0 saturated heterocycles. The second-order valence-electron chi connectivity index (χ2n) is 4.79. The van der Waals surface area contributed by atoms with Gasteiger partial charge in [0.15, 0.2) is 6.61 Å². The van der Waals surface area contributed by atoms with Crippen LogP contribution in [-0.2, 0) is 14.3 Å². The van der Waals surface area contributed by atoms with Crippen molar-refractivity contribution in [3.63, 3.8) is 0 Å². The number of halogens is 2. The van der Waals surface area contributed by atoms with Gasteiger partial charge >= 0.3 is 11.9 Å². The summed E-state index contributed by atoms with van der Waals surface area (Å²) < 4.78 is 9.48. The molecule has 0 aliphatic heterocycles. The first kappa shape index (κ1) is 18.8. The predicted octanol–water partition coefficient (Wildman–Crippen LogP) is 3.58. The number of anilines is 1. The second kappa shape index (κ2) is 8.50. The van der Waals surface area contributed by atoms with E-state index >= 15 is 0 Å². The highest BCUT2D eigenvalue weighted by atomic mass is 35.5. The molecule has 0 aliphatic rings. The zero-order valence-electron chi connectivity index (χ0n) is 13.0. The van der Waals surface area contributed by atoms with E-state index in [1.807, 2.05) is 0 Å². The van der Waals surface area contributed by atoms with E-state index in [9.17, 15) is 14.4 Å². The van der Waals surface area contributed by atoms with Gasteiger partial charge in [0, 0.05) is 0 Å². The molecule has 0 heterocycles. The number of amides is 1. The molecule has 6 nitrogen and oxygen atoms in total. The van der Waals surface area contributed by atoms with Crippen molar-refractivity contribution in [2.24, 2.45) is 0 Å². The van der Waals surface area contributed by atoms with Gasteiger partial charge in [-0.15, -0.1) is 0 Å². The Labute approximate surface area is 153 Å². The van der Waals surface area contributed by atoms with Crippen LogP contribution < -0.4 is 5.32 Å². The zero-order valence-corrected chi connectivity index (χ0v) is 14.6. The molecule has 0 fully saturated rings. The molecule has 1 N–H and O–H groups in total. The highest BCUT2D eigenvalue weighted by Gasteiger charge is 2.13. The van der Waals surface area contributed by atoms with E-state index in [1.54, 1.807) is 18.2 Å². The molecular formula is C17H13Cl2NO5. The van der Waals surface area contributed by atoms with Gasteiger partial charge in [-0.2, -0.15) is 0 Å². The first-order chi connectivity index (χ1) is 11.9. The predicted molar refractivity (Wildman–Crippen MR) is 93.2 cm³/mol. The third-order valence-electron chi connectivity index (χ3n) is 3.10. The van der Waals surface area contributed by atoms with Crippen molar-refractivity contribution in [3.05, 3.63) is 63.6 Å². The van der Waals surface area contributed by atoms with Crippen molar-refractivity contribution in [1.29, 1.82) is 0 Å². The average Bonchev–Trinajstić information content (AvgIpc) is 2.63. The normalized spacial score (nSPS) is 10.0. The van der Waals surface area contributed by atoms with Crippen molar-refractivity contribution in [1.82, 2.24) is 0 Å². The summed E-state index contributed by atoms with van der Waals surface area (Å²) in [6.07, 6.45) is 0. The lowest BCUT2D eigenvalue weighted by Gasteiger charge is -2.09. The zero-order chi connectivity index (χ0) is 18.4. The van der Waals surface area contributed by atoms with Crippen molar-refractivity contribution in [2.45, 2.75) is 0 Å². The quantitative estimate of drug-likeness (QED) is 0.800. The van der Waals surface area contributed by atoms with Crippen LogP contribution >= 0.6 is 23.2 Å². The van der Waals surface area contributed by atoms with E-state index < -0.39 is 24.5 Å². The average molecular weight is 382 g/mol. The number of methoxy groups -OCH3 is 1. The molecule has 2 aromatic rings. The van der Waals surface area contributed by atoms with Crippen LogP contribution in [0.3, 0.4) is 0 Å². The molecular weight excluding hydrogens is 369 g/mol. The summed E-state index contributed by atoms with van der Waals surface area (Å²) >= 11 is 11.8. The molecule has 0 bridgehead atoms. The minimum absolute atomic E-state index is 0.196.